The van der Waals surface area contributed by atoms with Crippen molar-refractivity contribution in [2.45, 2.75) is 82.8 Å². The van der Waals surface area contributed by atoms with Crippen LogP contribution in [0.25, 0.3) is 0 Å². The van der Waals surface area contributed by atoms with E-state index in [-0.39, 0.29) is 0 Å². The zero-order chi connectivity index (χ0) is 21.4. The van der Waals surface area contributed by atoms with Crippen LogP contribution in [0.5, 0.6) is 5.75 Å². The second-order valence-electron chi connectivity index (χ2n) is 11.6. The lowest BCUT2D eigenvalue weighted by Gasteiger charge is -2.41. The first kappa shape index (κ1) is 21.4. The highest BCUT2D eigenvalue weighted by Gasteiger charge is 2.40. The topological polar surface area (TPSA) is 24.9 Å². The van der Waals surface area contributed by atoms with Crippen LogP contribution in [-0.4, -0.2) is 67.9 Å². The van der Waals surface area contributed by atoms with Gasteiger partial charge in [0.1, 0.15) is 11.9 Å². The summed E-state index contributed by atoms with van der Waals surface area (Å²) in [5.74, 6) is 1.98. The number of likely N-dealkylation sites (tertiary alicyclic amines) is 2. The van der Waals surface area contributed by atoms with Crippen molar-refractivity contribution < 1.29 is 9.47 Å². The molecule has 32 heavy (non-hydrogen) atoms. The molecule has 4 nitrogen and oxygen atoms in total. The molecule has 3 aliphatic heterocycles. The Labute approximate surface area is 194 Å². The van der Waals surface area contributed by atoms with Gasteiger partial charge in [0, 0.05) is 38.9 Å². The molecule has 2 aliphatic carbocycles. The van der Waals surface area contributed by atoms with Gasteiger partial charge in [-0.15, -0.1) is 0 Å². The van der Waals surface area contributed by atoms with Crippen LogP contribution in [0.1, 0.15) is 68.9 Å². The predicted molar refractivity (Wildman–Crippen MR) is 128 cm³/mol. The number of benzene rings is 1. The Morgan fingerprint density at radius 1 is 0.875 bits per heavy atom. The van der Waals surface area contributed by atoms with Crippen molar-refractivity contribution >= 4 is 0 Å². The van der Waals surface area contributed by atoms with Crippen molar-refractivity contribution in [2.75, 3.05) is 45.9 Å². The number of ether oxygens (including phenoxy) is 2. The van der Waals surface area contributed by atoms with Gasteiger partial charge in [-0.05, 0) is 112 Å². The van der Waals surface area contributed by atoms with E-state index < -0.39 is 0 Å². The molecule has 1 aromatic rings. The second kappa shape index (κ2) is 9.27. The summed E-state index contributed by atoms with van der Waals surface area (Å²) in [6, 6.07) is 7.93. The smallest absolute Gasteiger partial charge is 0.120 e. The summed E-state index contributed by atoms with van der Waals surface area (Å²) in [4.78, 5) is 5.46. The van der Waals surface area contributed by atoms with E-state index in [9.17, 15) is 0 Å². The predicted octanol–water partition coefficient (Wildman–Crippen LogP) is 4.69. The molecule has 176 valence electrons. The maximum absolute atomic E-state index is 6.49. The van der Waals surface area contributed by atoms with E-state index in [4.69, 9.17) is 9.47 Å². The van der Waals surface area contributed by atoms with Gasteiger partial charge in [0.2, 0.25) is 0 Å². The van der Waals surface area contributed by atoms with Crippen LogP contribution >= 0.6 is 0 Å². The van der Waals surface area contributed by atoms with Gasteiger partial charge in [0.15, 0.2) is 0 Å². The van der Waals surface area contributed by atoms with Crippen LogP contribution in [0.3, 0.4) is 0 Å². The third-order valence-corrected chi connectivity index (χ3v) is 9.45. The van der Waals surface area contributed by atoms with Gasteiger partial charge >= 0.3 is 0 Å². The minimum Gasteiger partial charge on any atom is -0.490 e. The molecule has 3 saturated heterocycles. The van der Waals surface area contributed by atoms with Crippen molar-refractivity contribution in [3.63, 3.8) is 0 Å². The summed E-state index contributed by atoms with van der Waals surface area (Å²) < 4.78 is 12.0. The Bertz CT molecular complexity index is 770. The van der Waals surface area contributed by atoms with Crippen LogP contribution in [0.2, 0.25) is 0 Å². The molecule has 0 unspecified atom stereocenters. The number of nitrogens with zero attached hydrogens (tertiary/aromatic N) is 2. The Hall–Kier alpha value is -1.10. The number of hydrogen-bond acceptors (Lipinski definition) is 4. The fraction of sp³-hybridized carbons (Fsp3) is 0.786. The van der Waals surface area contributed by atoms with Gasteiger partial charge < -0.3 is 19.3 Å². The van der Waals surface area contributed by atoms with Gasteiger partial charge in [-0.25, -0.2) is 0 Å². The molecule has 4 fully saturated rings. The first-order chi connectivity index (χ1) is 15.7. The molecular formula is C28H42N2O2. The quantitative estimate of drug-likeness (QED) is 0.666. The van der Waals surface area contributed by atoms with E-state index in [1.54, 1.807) is 11.1 Å². The van der Waals surface area contributed by atoms with Gasteiger partial charge in [-0.3, -0.25) is 0 Å². The van der Waals surface area contributed by atoms with Crippen LogP contribution in [0.4, 0.5) is 0 Å². The first-order valence-corrected chi connectivity index (χ1v) is 13.6. The highest BCUT2D eigenvalue weighted by Crippen LogP contribution is 2.45. The molecule has 6 rings (SSSR count). The fourth-order valence-corrected chi connectivity index (χ4v) is 7.04. The number of hydrogen-bond donors (Lipinski definition) is 0. The second-order valence-corrected chi connectivity index (χ2v) is 11.6. The van der Waals surface area contributed by atoms with Crippen molar-refractivity contribution in [3.05, 3.63) is 29.3 Å². The van der Waals surface area contributed by atoms with Crippen LogP contribution in [0, 0.1) is 11.3 Å². The van der Waals surface area contributed by atoms with E-state index in [0.717, 1.165) is 30.9 Å². The Morgan fingerprint density at radius 3 is 2.34 bits per heavy atom. The SMILES string of the molecule is c1cc2c(cc1OC1CCN(C3CCC3)CC1)CC1(CCN(CC3CCOCC3)CC1)C2. The van der Waals surface area contributed by atoms with Crippen LogP contribution in [-0.2, 0) is 17.6 Å². The van der Waals surface area contributed by atoms with Crippen molar-refractivity contribution in [2.24, 2.45) is 11.3 Å². The lowest BCUT2D eigenvalue weighted by Crippen LogP contribution is -2.46. The monoisotopic (exact) mass is 438 g/mol. The van der Waals surface area contributed by atoms with Crippen molar-refractivity contribution in [3.8, 4) is 5.75 Å². The highest BCUT2D eigenvalue weighted by molar-refractivity contribution is 5.41. The average Bonchev–Trinajstić information content (AvgIpc) is 3.13. The minimum atomic E-state index is 0.410. The zero-order valence-electron chi connectivity index (χ0n) is 19.9. The molecule has 0 aromatic heterocycles. The largest absolute Gasteiger partial charge is 0.490 e. The number of rotatable bonds is 5. The first-order valence-electron chi connectivity index (χ1n) is 13.6. The third-order valence-electron chi connectivity index (χ3n) is 9.45. The minimum absolute atomic E-state index is 0.410. The van der Waals surface area contributed by atoms with Gasteiger partial charge in [0.05, 0.1) is 0 Å². The molecule has 3 heterocycles. The van der Waals surface area contributed by atoms with E-state index in [0.29, 0.717) is 11.5 Å². The maximum atomic E-state index is 6.49. The standard InChI is InChI=1S/C28H42N2O2/c1-2-25(3-1)30-12-6-26(7-13-30)32-27-5-4-23-19-28(20-24(23)18-27)10-14-29(15-11-28)21-22-8-16-31-17-9-22/h4-5,18,22,25-26H,1-3,6-17,19-21H2. The summed E-state index contributed by atoms with van der Waals surface area (Å²) in [6.07, 6.45) is 14.9. The molecule has 0 N–H and O–H groups in total. The lowest BCUT2D eigenvalue weighted by atomic mass is 9.75. The van der Waals surface area contributed by atoms with Gasteiger partial charge in [0.25, 0.3) is 0 Å². The molecule has 1 aromatic carbocycles. The Balaban J connectivity index is 1.00. The van der Waals surface area contributed by atoms with Crippen molar-refractivity contribution in [1.82, 2.24) is 9.80 Å². The normalized spacial score (nSPS) is 28.0. The Morgan fingerprint density at radius 2 is 1.62 bits per heavy atom. The Kier molecular flexibility index (Phi) is 6.21. The molecule has 4 heteroatoms. The van der Waals surface area contributed by atoms with Crippen LogP contribution < -0.4 is 4.74 Å². The van der Waals surface area contributed by atoms with E-state index in [2.05, 4.69) is 28.0 Å². The number of fused-ring (bicyclic) bond motifs is 1. The van der Waals surface area contributed by atoms with E-state index in [1.807, 2.05) is 0 Å². The molecule has 5 aliphatic rings. The molecule has 0 radical (unpaired) electrons. The van der Waals surface area contributed by atoms with E-state index >= 15 is 0 Å². The summed E-state index contributed by atoms with van der Waals surface area (Å²) in [7, 11) is 0. The molecule has 0 amide bonds. The number of piperidine rings is 2. The molecule has 0 bridgehead atoms. The zero-order valence-corrected chi connectivity index (χ0v) is 19.9. The highest BCUT2D eigenvalue weighted by atomic mass is 16.5. The van der Waals surface area contributed by atoms with Crippen LogP contribution in [0.15, 0.2) is 18.2 Å². The molecular weight excluding hydrogens is 396 g/mol. The summed E-state index contributed by atoms with van der Waals surface area (Å²) in [6.45, 7) is 8.28. The van der Waals surface area contributed by atoms with E-state index in [1.165, 1.54) is 103 Å². The van der Waals surface area contributed by atoms with Gasteiger partial charge in [-0.2, -0.15) is 0 Å². The molecule has 1 saturated carbocycles. The van der Waals surface area contributed by atoms with Crippen molar-refractivity contribution in [1.29, 1.82) is 0 Å². The third kappa shape index (κ3) is 4.60. The molecule has 0 atom stereocenters. The lowest BCUT2D eigenvalue weighted by molar-refractivity contribution is 0.0379. The fourth-order valence-electron chi connectivity index (χ4n) is 7.04. The maximum Gasteiger partial charge on any atom is 0.120 e. The average molecular weight is 439 g/mol. The van der Waals surface area contributed by atoms with Gasteiger partial charge in [-0.1, -0.05) is 12.5 Å². The summed E-state index contributed by atoms with van der Waals surface area (Å²) in [5, 5.41) is 0. The summed E-state index contributed by atoms with van der Waals surface area (Å²) in [5.41, 5.74) is 3.68. The molecule has 1 spiro atoms. The summed E-state index contributed by atoms with van der Waals surface area (Å²) >= 11 is 0.